The number of anilines is 1. The molecule has 0 aliphatic carbocycles. The summed E-state index contributed by atoms with van der Waals surface area (Å²) in [7, 11) is -4.55. The van der Waals surface area contributed by atoms with Crippen molar-refractivity contribution in [2.24, 2.45) is 5.41 Å². The maximum Gasteiger partial charge on any atom is 0.341 e. The molecule has 0 bridgehead atoms. The van der Waals surface area contributed by atoms with Crippen molar-refractivity contribution >= 4 is 15.5 Å². The van der Waals surface area contributed by atoms with E-state index >= 15 is 0 Å². The zero-order chi connectivity index (χ0) is 15.4. The lowest BCUT2D eigenvalue weighted by atomic mass is 9.88. The predicted octanol–water partition coefficient (Wildman–Crippen LogP) is 2.50. The summed E-state index contributed by atoms with van der Waals surface area (Å²) in [6, 6.07) is 5.16. The lowest BCUT2D eigenvalue weighted by Gasteiger charge is -2.26. The molecule has 2 N–H and O–H groups in total. The minimum absolute atomic E-state index is 0.0222. The van der Waals surface area contributed by atoms with E-state index in [0.29, 0.717) is 12.2 Å². The molecule has 4 nitrogen and oxygen atoms in total. The molecular weight excluding hydrogens is 288 g/mol. The molecule has 0 radical (unpaired) electrons. The lowest BCUT2D eigenvalue weighted by molar-refractivity contribution is 0.149. The molecular formula is C13H19F2NO3S. The molecule has 114 valence electrons. The third-order valence-electron chi connectivity index (χ3n) is 3.37. The van der Waals surface area contributed by atoms with E-state index in [0.717, 1.165) is 18.6 Å². The molecule has 0 spiro atoms. The summed E-state index contributed by atoms with van der Waals surface area (Å²) < 4.78 is 47.2. The Morgan fingerprint density at radius 1 is 1.30 bits per heavy atom. The van der Waals surface area contributed by atoms with Gasteiger partial charge in [0.2, 0.25) is 9.84 Å². The number of hydrogen-bond acceptors (Lipinski definition) is 4. The number of benzene rings is 1. The summed E-state index contributed by atoms with van der Waals surface area (Å²) in [6.45, 7) is 4.39. The summed E-state index contributed by atoms with van der Waals surface area (Å²) in [5.74, 6) is -3.42. The van der Waals surface area contributed by atoms with Gasteiger partial charge in [-0.15, -0.1) is 0 Å². The van der Waals surface area contributed by atoms with Crippen LogP contribution in [-0.4, -0.2) is 32.4 Å². The van der Waals surface area contributed by atoms with Crippen molar-refractivity contribution in [2.45, 2.75) is 30.9 Å². The molecule has 7 heteroatoms. The van der Waals surface area contributed by atoms with Crippen molar-refractivity contribution in [3.8, 4) is 0 Å². The maximum absolute atomic E-state index is 12.4. The highest BCUT2D eigenvalue weighted by molar-refractivity contribution is 7.91. The van der Waals surface area contributed by atoms with Gasteiger partial charge >= 0.3 is 5.76 Å². The number of rotatable bonds is 7. The molecule has 0 amide bonds. The normalized spacial score (nSPS) is 15.1. The van der Waals surface area contributed by atoms with Gasteiger partial charge in [-0.1, -0.05) is 13.8 Å². The van der Waals surface area contributed by atoms with Crippen molar-refractivity contribution in [2.75, 3.05) is 18.5 Å². The highest BCUT2D eigenvalue weighted by atomic mass is 32.2. The Balaban J connectivity index is 2.78. The van der Waals surface area contributed by atoms with E-state index in [9.17, 15) is 22.3 Å². The van der Waals surface area contributed by atoms with Gasteiger partial charge in [-0.05, 0) is 30.7 Å². The number of hydrogen-bond donors (Lipinski definition) is 2. The van der Waals surface area contributed by atoms with Crippen LogP contribution in [0.2, 0.25) is 0 Å². The van der Waals surface area contributed by atoms with Gasteiger partial charge in [0.05, 0.1) is 11.5 Å². The Hall–Kier alpha value is -1.21. The average Bonchev–Trinajstić information content (AvgIpc) is 2.45. The van der Waals surface area contributed by atoms with Gasteiger partial charge in [0.15, 0.2) is 0 Å². The largest absolute Gasteiger partial charge is 0.396 e. The fourth-order valence-electron chi connectivity index (χ4n) is 1.47. The van der Waals surface area contributed by atoms with E-state index in [-0.39, 0.29) is 12.0 Å². The van der Waals surface area contributed by atoms with Crippen LogP contribution in [0.5, 0.6) is 0 Å². The second-order valence-electron chi connectivity index (χ2n) is 5.01. The van der Waals surface area contributed by atoms with Crippen LogP contribution in [0.3, 0.4) is 0 Å². The molecule has 0 saturated heterocycles. The maximum atomic E-state index is 12.4. The Bertz CT molecular complexity index is 525. The van der Waals surface area contributed by atoms with Gasteiger partial charge in [0.1, 0.15) is 0 Å². The Labute approximate surface area is 117 Å². The summed E-state index contributed by atoms with van der Waals surface area (Å²) in [5.41, 5.74) is 0.333. The second kappa shape index (κ2) is 6.49. The van der Waals surface area contributed by atoms with Crippen molar-refractivity contribution in [3.05, 3.63) is 24.3 Å². The van der Waals surface area contributed by atoms with Gasteiger partial charge in [0.25, 0.3) is 0 Å². The Morgan fingerprint density at radius 3 is 2.25 bits per heavy atom. The fourth-order valence-corrected chi connectivity index (χ4v) is 2.19. The van der Waals surface area contributed by atoms with Gasteiger partial charge < -0.3 is 10.4 Å². The number of alkyl halides is 2. The first-order valence-electron chi connectivity index (χ1n) is 6.22. The van der Waals surface area contributed by atoms with Gasteiger partial charge in [-0.3, -0.25) is 0 Å². The second-order valence-corrected chi connectivity index (χ2v) is 6.92. The molecule has 1 atom stereocenters. The van der Waals surface area contributed by atoms with Crippen LogP contribution in [0.4, 0.5) is 14.5 Å². The molecule has 0 saturated carbocycles. The summed E-state index contributed by atoms with van der Waals surface area (Å²) in [5, 5.41) is 12.3. The molecule has 1 rings (SSSR count). The SMILES string of the molecule is CCC(C)(CO)CNc1ccc(S(=O)(=O)C(F)F)cc1. The van der Waals surface area contributed by atoms with Crippen LogP contribution >= 0.6 is 0 Å². The van der Waals surface area contributed by atoms with E-state index in [4.69, 9.17) is 0 Å². The topological polar surface area (TPSA) is 66.4 Å². The van der Waals surface area contributed by atoms with Crippen LogP contribution in [0.15, 0.2) is 29.2 Å². The first-order valence-corrected chi connectivity index (χ1v) is 7.76. The Morgan fingerprint density at radius 2 is 1.85 bits per heavy atom. The van der Waals surface area contributed by atoms with Crippen molar-refractivity contribution in [1.29, 1.82) is 0 Å². The highest BCUT2D eigenvalue weighted by Gasteiger charge is 2.26. The van der Waals surface area contributed by atoms with Crippen LogP contribution in [-0.2, 0) is 9.84 Å². The zero-order valence-corrected chi connectivity index (χ0v) is 12.3. The molecule has 1 aromatic carbocycles. The summed E-state index contributed by atoms with van der Waals surface area (Å²) in [6.07, 6.45) is 0.772. The minimum Gasteiger partial charge on any atom is -0.396 e. The quantitative estimate of drug-likeness (QED) is 0.812. The van der Waals surface area contributed by atoms with Crippen LogP contribution < -0.4 is 5.32 Å². The van der Waals surface area contributed by atoms with Crippen molar-refractivity contribution < 1.29 is 22.3 Å². The number of aliphatic hydroxyl groups excluding tert-OH is 1. The summed E-state index contributed by atoms with van der Waals surface area (Å²) >= 11 is 0. The molecule has 0 fully saturated rings. The predicted molar refractivity (Wildman–Crippen MR) is 73.6 cm³/mol. The first-order chi connectivity index (χ1) is 9.25. The average molecular weight is 307 g/mol. The third kappa shape index (κ3) is 3.89. The first kappa shape index (κ1) is 16.8. The van der Waals surface area contributed by atoms with E-state index in [1.165, 1.54) is 12.1 Å². The standard InChI is InChI=1S/C13H19F2NO3S/c1-3-13(2,9-17)8-16-10-4-6-11(7-5-10)20(18,19)12(14)15/h4-7,12,16-17H,3,8-9H2,1-2H3. The van der Waals surface area contributed by atoms with Gasteiger partial charge in [-0.25, -0.2) is 8.42 Å². The van der Waals surface area contributed by atoms with Gasteiger partial charge in [0, 0.05) is 17.6 Å². The monoisotopic (exact) mass is 307 g/mol. The molecule has 1 unspecified atom stereocenters. The number of aliphatic hydroxyl groups is 1. The van der Waals surface area contributed by atoms with E-state index in [1.807, 2.05) is 13.8 Å². The van der Waals surface area contributed by atoms with Crippen molar-refractivity contribution in [1.82, 2.24) is 0 Å². The number of sulfone groups is 1. The molecule has 0 aromatic heterocycles. The molecule has 1 aromatic rings. The smallest absolute Gasteiger partial charge is 0.341 e. The summed E-state index contributed by atoms with van der Waals surface area (Å²) in [4.78, 5) is -0.404. The zero-order valence-electron chi connectivity index (χ0n) is 11.4. The van der Waals surface area contributed by atoms with E-state index in [2.05, 4.69) is 5.32 Å². The van der Waals surface area contributed by atoms with E-state index < -0.39 is 20.5 Å². The van der Waals surface area contributed by atoms with Crippen molar-refractivity contribution in [3.63, 3.8) is 0 Å². The minimum atomic E-state index is -4.55. The molecule has 0 aliphatic heterocycles. The van der Waals surface area contributed by atoms with Crippen LogP contribution in [0.25, 0.3) is 0 Å². The fraction of sp³-hybridized carbons (Fsp3) is 0.538. The lowest BCUT2D eigenvalue weighted by Crippen LogP contribution is -2.29. The van der Waals surface area contributed by atoms with E-state index in [1.54, 1.807) is 0 Å². The molecule has 0 aliphatic rings. The van der Waals surface area contributed by atoms with Crippen LogP contribution in [0.1, 0.15) is 20.3 Å². The number of nitrogens with one attached hydrogen (secondary N) is 1. The highest BCUT2D eigenvalue weighted by Crippen LogP contribution is 2.23. The molecule has 0 heterocycles. The Kier molecular flexibility index (Phi) is 5.47. The number of halogens is 2. The van der Waals surface area contributed by atoms with Gasteiger partial charge in [-0.2, -0.15) is 8.78 Å². The third-order valence-corrected chi connectivity index (χ3v) is 4.77. The van der Waals surface area contributed by atoms with Crippen LogP contribution in [0, 0.1) is 5.41 Å². The molecule has 20 heavy (non-hydrogen) atoms.